The van der Waals surface area contributed by atoms with Crippen LogP contribution in [0.3, 0.4) is 0 Å². The number of benzene rings is 1. The molecule has 0 radical (unpaired) electrons. The van der Waals surface area contributed by atoms with Gasteiger partial charge < -0.3 is 14.3 Å². The van der Waals surface area contributed by atoms with Crippen molar-refractivity contribution >= 4 is 5.91 Å². The quantitative estimate of drug-likeness (QED) is 0.719. The number of nitrogens with zero attached hydrogens (tertiary/aromatic N) is 3. The number of aryl methyl sites for hydroxylation is 1. The third kappa shape index (κ3) is 3.35. The number of carbonyl (C=O) groups is 1. The monoisotopic (exact) mass is 392 g/mol. The third-order valence-corrected chi connectivity index (χ3v) is 6.23. The first-order chi connectivity index (χ1) is 14.1. The topological polar surface area (TPSA) is 84.4 Å². The van der Waals surface area contributed by atoms with Crippen LogP contribution >= 0.6 is 0 Å². The Morgan fingerprint density at radius 1 is 1.28 bits per heavy atom. The smallest absolute Gasteiger partial charge is 0.287 e. The largest absolute Gasteiger partial charge is 0.459 e. The van der Waals surface area contributed by atoms with Crippen molar-refractivity contribution < 1.29 is 13.7 Å². The van der Waals surface area contributed by atoms with Gasteiger partial charge in [0.1, 0.15) is 0 Å². The van der Waals surface area contributed by atoms with Crippen LogP contribution in [0.25, 0.3) is 0 Å². The van der Waals surface area contributed by atoms with E-state index in [1.54, 1.807) is 12.1 Å². The zero-order valence-electron chi connectivity index (χ0n) is 16.4. The second-order valence-corrected chi connectivity index (χ2v) is 8.24. The van der Waals surface area contributed by atoms with Crippen molar-refractivity contribution in [3.8, 4) is 0 Å². The maximum Gasteiger partial charge on any atom is 0.287 e. The lowest BCUT2D eigenvalue weighted by Gasteiger charge is -2.25. The van der Waals surface area contributed by atoms with Gasteiger partial charge in [0.05, 0.1) is 11.7 Å². The van der Waals surface area contributed by atoms with Crippen LogP contribution in [0.5, 0.6) is 0 Å². The fraction of sp³-hybridized carbons (Fsp3) is 0.409. The van der Waals surface area contributed by atoms with Gasteiger partial charge in [-0.2, -0.15) is 4.98 Å². The molecule has 0 spiro atoms. The Labute approximate surface area is 169 Å². The molecule has 1 N–H and O–H groups in total. The molecular weight excluding hydrogens is 368 g/mol. The van der Waals surface area contributed by atoms with Gasteiger partial charge in [-0.15, -0.1) is 0 Å². The molecule has 3 aromatic rings. The van der Waals surface area contributed by atoms with Gasteiger partial charge in [-0.3, -0.25) is 9.69 Å². The Morgan fingerprint density at radius 2 is 2.14 bits per heavy atom. The van der Waals surface area contributed by atoms with Crippen molar-refractivity contribution in [2.45, 2.75) is 37.8 Å². The highest BCUT2D eigenvalue weighted by Crippen LogP contribution is 2.50. The summed E-state index contributed by atoms with van der Waals surface area (Å²) in [7, 11) is 0. The highest BCUT2D eigenvalue weighted by atomic mass is 16.5. The Balaban J connectivity index is 1.36. The second kappa shape index (κ2) is 7.15. The molecule has 7 heteroatoms. The number of furan rings is 1. The minimum atomic E-state index is -0.225. The van der Waals surface area contributed by atoms with E-state index in [1.807, 2.05) is 13.0 Å². The molecule has 1 aliphatic heterocycles. The number of hydrogen-bond donors (Lipinski definition) is 1. The molecule has 2 fully saturated rings. The summed E-state index contributed by atoms with van der Waals surface area (Å²) in [5, 5.41) is 7.18. The van der Waals surface area contributed by atoms with Crippen LogP contribution in [0, 0.1) is 12.8 Å². The first kappa shape index (κ1) is 18.1. The van der Waals surface area contributed by atoms with Gasteiger partial charge in [0.25, 0.3) is 5.91 Å². The SMILES string of the molecule is Cc1noc([C@]23C[C@H](NC(=O)c4ccco4)C[C@H]2CN(Cc2ccccc2)C3)n1. The number of likely N-dealkylation sites (tertiary alicyclic amines) is 1. The fourth-order valence-electron chi connectivity index (χ4n) is 5.04. The van der Waals surface area contributed by atoms with E-state index in [-0.39, 0.29) is 17.4 Å². The minimum Gasteiger partial charge on any atom is -0.459 e. The summed E-state index contributed by atoms with van der Waals surface area (Å²) in [6.45, 7) is 4.54. The molecule has 1 saturated heterocycles. The average molecular weight is 392 g/mol. The molecule has 2 aromatic heterocycles. The Morgan fingerprint density at radius 3 is 2.86 bits per heavy atom. The average Bonchev–Trinajstić information content (AvgIpc) is 3.46. The summed E-state index contributed by atoms with van der Waals surface area (Å²) in [5.41, 5.74) is 1.07. The van der Waals surface area contributed by atoms with E-state index in [0.717, 1.165) is 32.5 Å². The van der Waals surface area contributed by atoms with E-state index in [4.69, 9.17) is 8.94 Å². The fourth-order valence-corrected chi connectivity index (χ4v) is 5.04. The number of carbonyl (C=O) groups excluding carboxylic acids is 1. The van der Waals surface area contributed by atoms with Crippen molar-refractivity contribution in [1.29, 1.82) is 0 Å². The van der Waals surface area contributed by atoms with Gasteiger partial charge in [-0.25, -0.2) is 0 Å². The summed E-state index contributed by atoms with van der Waals surface area (Å²) in [6, 6.07) is 14.0. The van der Waals surface area contributed by atoms with Gasteiger partial charge in [-0.05, 0) is 43.4 Å². The van der Waals surface area contributed by atoms with Gasteiger partial charge in [0, 0.05) is 25.7 Å². The molecule has 1 aromatic carbocycles. The second-order valence-electron chi connectivity index (χ2n) is 8.24. The zero-order chi connectivity index (χ0) is 19.8. The van der Waals surface area contributed by atoms with E-state index >= 15 is 0 Å². The molecule has 29 heavy (non-hydrogen) atoms. The molecule has 150 valence electrons. The predicted molar refractivity (Wildman–Crippen MR) is 105 cm³/mol. The summed E-state index contributed by atoms with van der Waals surface area (Å²) < 4.78 is 10.9. The Kier molecular flexibility index (Phi) is 4.47. The molecule has 7 nitrogen and oxygen atoms in total. The molecular formula is C22H24N4O3. The number of amides is 1. The number of hydrogen-bond acceptors (Lipinski definition) is 6. The standard InChI is InChI=1S/C22H24N4O3/c1-15-23-21(29-25-15)22-11-18(24-20(27)19-8-5-9-28-19)10-17(22)13-26(14-22)12-16-6-3-2-4-7-16/h2-9,17-18H,10-14H2,1H3,(H,24,27)/t17-,18+,22-/m0/s1. The molecule has 3 atom stereocenters. The Bertz CT molecular complexity index is 985. The predicted octanol–water partition coefficient (Wildman–Crippen LogP) is 2.93. The van der Waals surface area contributed by atoms with Crippen molar-refractivity contribution in [3.05, 3.63) is 71.8 Å². The van der Waals surface area contributed by atoms with Crippen molar-refractivity contribution in [3.63, 3.8) is 0 Å². The summed E-state index contributed by atoms with van der Waals surface area (Å²) in [6.07, 6.45) is 3.19. The Hall–Kier alpha value is -2.93. The van der Waals surface area contributed by atoms with Crippen molar-refractivity contribution in [2.75, 3.05) is 13.1 Å². The van der Waals surface area contributed by atoms with Crippen LogP contribution in [-0.2, 0) is 12.0 Å². The van der Waals surface area contributed by atoms with Crippen LogP contribution in [0.1, 0.15) is 40.7 Å². The third-order valence-electron chi connectivity index (χ3n) is 6.23. The molecule has 1 aliphatic carbocycles. The summed E-state index contributed by atoms with van der Waals surface area (Å²) >= 11 is 0. The number of rotatable bonds is 5. The molecule has 1 saturated carbocycles. The minimum absolute atomic E-state index is 0.0590. The van der Waals surface area contributed by atoms with E-state index in [1.165, 1.54) is 11.8 Å². The van der Waals surface area contributed by atoms with E-state index in [0.29, 0.717) is 23.4 Å². The van der Waals surface area contributed by atoms with Gasteiger partial charge in [-0.1, -0.05) is 35.5 Å². The summed E-state index contributed by atoms with van der Waals surface area (Å²) in [5.74, 6) is 1.88. The van der Waals surface area contributed by atoms with E-state index < -0.39 is 0 Å². The zero-order valence-corrected chi connectivity index (χ0v) is 16.4. The summed E-state index contributed by atoms with van der Waals surface area (Å²) in [4.78, 5) is 19.5. The molecule has 2 aliphatic rings. The van der Waals surface area contributed by atoms with E-state index in [9.17, 15) is 4.79 Å². The molecule has 0 unspecified atom stereocenters. The molecule has 1 amide bonds. The maximum absolute atomic E-state index is 12.5. The van der Waals surface area contributed by atoms with Crippen LogP contribution in [-0.4, -0.2) is 40.1 Å². The molecule has 0 bridgehead atoms. The van der Waals surface area contributed by atoms with E-state index in [2.05, 4.69) is 44.6 Å². The van der Waals surface area contributed by atoms with Gasteiger partial charge in [0.15, 0.2) is 11.6 Å². The van der Waals surface area contributed by atoms with Gasteiger partial charge in [0.2, 0.25) is 5.89 Å². The first-order valence-corrected chi connectivity index (χ1v) is 10.0. The molecule has 5 rings (SSSR count). The van der Waals surface area contributed by atoms with Crippen LogP contribution in [0.2, 0.25) is 0 Å². The lowest BCUT2D eigenvalue weighted by Crippen LogP contribution is -2.38. The van der Waals surface area contributed by atoms with Crippen LogP contribution < -0.4 is 5.32 Å². The number of nitrogens with one attached hydrogen (secondary N) is 1. The van der Waals surface area contributed by atoms with Gasteiger partial charge >= 0.3 is 0 Å². The van der Waals surface area contributed by atoms with Crippen molar-refractivity contribution in [2.24, 2.45) is 5.92 Å². The highest BCUT2D eigenvalue weighted by Gasteiger charge is 2.57. The lowest BCUT2D eigenvalue weighted by atomic mass is 9.80. The number of aromatic nitrogens is 2. The lowest BCUT2D eigenvalue weighted by molar-refractivity contribution is 0.0906. The maximum atomic E-state index is 12.5. The number of fused-ring (bicyclic) bond motifs is 1. The normalized spacial score (nSPS) is 26.5. The van der Waals surface area contributed by atoms with Crippen LogP contribution in [0.15, 0.2) is 57.7 Å². The molecule has 3 heterocycles. The van der Waals surface area contributed by atoms with Crippen molar-refractivity contribution in [1.82, 2.24) is 20.4 Å². The van der Waals surface area contributed by atoms with Crippen LogP contribution in [0.4, 0.5) is 0 Å². The highest BCUT2D eigenvalue weighted by molar-refractivity contribution is 5.91. The first-order valence-electron chi connectivity index (χ1n) is 10.0.